The average Bonchev–Trinajstić information content (AvgIpc) is 2.77. The molecule has 0 aliphatic heterocycles. The summed E-state index contributed by atoms with van der Waals surface area (Å²) in [6.07, 6.45) is 3.80. The summed E-state index contributed by atoms with van der Waals surface area (Å²) in [7, 11) is 3.48. The van der Waals surface area contributed by atoms with Crippen LogP contribution in [0.1, 0.15) is 11.4 Å². The molecule has 0 saturated carbocycles. The average molecular weight is 245 g/mol. The molecule has 1 aromatic heterocycles. The molecule has 6 heteroatoms. The Morgan fingerprint density at radius 3 is 2.83 bits per heavy atom. The largest absolute Gasteiger partial charge is 0.497 e. The molecule has 0 aliphatic carbocycles. The highest BCUT2D eigenvalue weighted by atomic mass is 16.5. The normalized spacial score (nSPS) is 10.8. The van der Waals surface area contributed by atoms with E-state index in [1.807, 2.05) is 43.5 Å². The summed E-state index contributed by atoms with van der Waals surface area (Å²) >= 11 is 0. The predicted octanol–water partition coefficient (Wildman–Crippen LogP) is 1.28. The minimum absolute atomic E-state index is 0.514. The van der Waals surface area contributed by atoms with E-state index in [1.54, 1.807) is 11.7 Å². The van der Waals surface area contributed by atoms with Crippen LogP contribution in [0.3, 0.4) is 0 Å². The monoisotopic (exact) mass is 245 g/mol. The fourth-order valence-electron chi connectivity index (χ4n) is 1.53. The van der Waals surface area contributed by atoms with Crippen LogP contribution >= 0.6 is 0 Å². The molecule has 0 unspecified atom stereocenters. The number of anilines is 1. The minimum Gasteiger partial charge on any atom is -0.497 e. The summed E-state index contributed by atoms with van der Waals surface area (Å²) in [6, 6.07) is 7.75. The molecule has 6 nitrogen and oxygen atoms in total. The molecule has 94 valence electrons. The molecule has 0 bridgehead atoms. The Hall–Kier alpha value is -2.34. The second kappa shape index (κ2) is 5.33. The zero-order chi connectivity index (χ0) is 13.0. The quantitative estimate of drug-likeness (QED) is 0.626. The van der Waals surface area contributed by atoms with Crippen molar-refractivity contribution < 1.29 is 4.74 Å². The van der Waals surface area contributed by atoms with E-state index >= 15 is 0 Å². The maximum absolute atomic E-state index is 5.30. The topological polar surface area (TPSA) is 78.0 Å². The van der Waals surface area contributed by atoms with Crippen molar-refractivity contribution in [3.05, 3.63) is 35.7 Å². The summed E-state index contributed by atoms with van der Waals surface area (Å²) < 4.78 is 6.92. The predicted molar refractivity (Wildman–Crippen MR) is 70.7 cm³/mol. The van der Waals surface area contributed by atoms with Gasteiger partial charge in [0.25, 0.3) is 0 Å². The lowest BCUT2D eigenvalue weighted by Crippen LogP contribution is -2.11. The molecule has 0 atom stereocenters. The second-order valence-electron chi connectivity index (χ2n) is 3.70. The maximum Gasteiger partial charge on any atom is 0.238 e. The Morgan fingerprint density at radius 2 is 2.17 bits per heavy atom. The zero-order valence-electron chi connectivity index (χ0n) is 10.3. The first kappa shape index (κ1) is 12.1. The second-order valence-corrected chi connectivity index (χ2v) is 3.70. The van der Waals surface area contributed by atoms with Gasteiger partial charge in [-0.05, 0) is 23.8 Å². The van der Waals surface area contributed by atoms with Gasteiger partial charge >= 0.3 is 0 Å². The van der Waals surface area contributed by atoms with Crippen LogP contribution in [-0.2, 0) is 7.05 Å². The number of methoxy groups -OCH3 is 1. The Balaban J connectivity index is 2.21. The van der Waals surface area contributed by atoms with Gasteiger partial charge in [0.2, 0.25) is 5.95 Å². The maximum atomic E-state index is 5.30. The summed E-state index contributed by atoms with van der Waals surface area (Å²) in [5.74, 6) is 7.34. The van der Waals surface area contributed by atoms with Crippen LogP contribution in [-0.4, -0.2) is 21.9 Å². The number of hydrogen-bond acceptors (Lipinski definition) is 5. The van der Waals surface area contributed by atoms with Gasteiger partial charge in [0.15, 0.2) is 5.82 Å². The van der Waals surface area contributed by atoms with Crippen molar-refractivity contribution >= 4 is 18.1 Å². The lowest BCUT2D eigenvalue weighted by molar-refractivity contribution is 0.414. The minimum atomic E-state index is 0.514. The van der Waals surface area contributed by atoms with E-state index in [9.17, 15) is 0 Å². The first-order chi connectivity index (χ1) is 8.74. The van der Waals surface area contributed by atoms with Crippen molar-refractivity contribution in [1.29, 1.82) is 0 Å². The molecule has 2 aromatic rings. The van der Waals surface area contributed by atoms with Crippen LogP contribution in [0.25, 0.3) is 12.2 Å². The number of benzene rings is 1. The molecule has 0 aliphatic rings. The lowest BCUT2D eigenvalue weighted by Gasteiger charge is -2.00. The van der Waals surface area contributed by atoms with Crippen LogP contribution in [0.15, 0.2) is 24.3 Å². The van der Waals surface area contributed by atoms with Gasteiger partial charge in [0, 0.05) is 7.05 Å². The van der Waals surface area contributed by atoms with Gasteiger partial charge in [0.1, 0.15) is 5.75 Å². The van der Waals surface area contributed by atoms with Crippen molar-refractivity contribution in [2.75, 3.05) is 12.5 Å². The number of hydrazine groups is 1. The highest BCUT2D eigenvalue weighted by Crippen LogP contribution is 2.15. The fourth-order valence-corrected chi connectivity index (χ4v) is 1.53. The van der Waals surface area contributed by atoms with E-state index in [1.165, 1.54) is 0 Å². The molecule has 2 rings (SSSR count). The van der Waals surface area contributed by atoms with Crippen LogP contribution in [0.4, 0.5) is 5.95 Å². The van der Waals surface area contributed by atoms with Crippen LogP contribution in [0.2, 0.25) is 0 Å². The van der Waals surface area contributed by atoms with Crippen LogP contribution < -0.4 is 16.0 Å². The molecule has 0 radical (unpaired) electrons. The highest BCUT2D eigenvalue weighted by Gasteiger charge is 2.03. The molecule has 0 amide bonds. The summed E-state index contributed by atoms with van der Waals surface area (Å²) in [5, 5.41) is 7.88. The fraction of sp³-hybridized carbons (Fsp3) is 0.167. The third-order valence-corrected chi connectivity index (χ3v) is 2.56. The van der Waals surface area contributed by atoms with Gasteiger partial charge in [-0.25, -0.2) is 5.84 Å². The van der Waals surface area contributed by atoms with Gasteiger partial charge in [-0.15, -0.1) is 10.2 Å². The molecule has 0 spiro atoms. The van der Waals surface area contributed by atoms with Crippen molar-refractivity contribution in [2.45, 2.75) is 0 Å². The van der Waals surface area contributed by atoms with Gasteiger partial charge in [-0.3, -0.25) is 9.99 Å². The summed E-state index contributed by atoms with van der Waals surface area (Å²) in [4.78, 5) is 0. The zero-order valence-corrected chi connectivity index (χ0v) is 10.3. The Morgan fingerprint density at radius 1 is 1.33 bits per heavy atom. The van der Waals surface area contributed by atoms with E-state index in [4.69, 9.17) is 10.6 Å². The SMILES string of the molecule is COc1cccc(/C=C/c2nnc(NN)n2C)c1. The Bertz CT molecular complexity index is 561. The summed E-state index contributed by atoms with van der Waals surface area (Å²) in [6.45, 7) is 0. The number of nitrogens with zero attached hydrogens (tertiary/aromatic N) is 3. The van der Waals surface area contributed by atoms with E-state index < -0.39 is 0 Å². The number of nitrogen functional groups attached to an aromatic ring is 1. The van der Waals surface area contributed by atoms with Gasteiger partial charge in [-0.2, -0.15) is 0 Å². The van der Waals surface area contributed by atoms with Gasteiger partial charge in [0.05, 0.1) is 7.11 Å². The molecule has 0 fully saturated rings. The summed E-state index contributed by atoms with van der Waals surface area (Å²) in [5.41, 5.74) is 3.49. The lowest BCUT2D eigenvalue weighted by atomic mass is 10.2. The van der Waals surface area contributed by atoms with Gasteiger partial charge < -0.3 is 4.74 Å². The molecular formula is C12H15N5O. The van der Waals surface area contributed by atoms with Crippen LogP contribution in [0.5, 0.6) is 5.75 Å². The third kappa shape index (κ3) is 2.49. The molecule has 18 heavy (non-hydrogen) atoms. The number of nitrogens with one attached hydrogen (secondary N) is 1. The van der Waals surface area contributed by atoms with Crippen molar-refractivity contribution in [3.63, 3.8) is 0 Å². The molecule has 1 aromatic carbocycles. The van der Waals surface area contributed by atoms with Crippen molar-refractivity contribution in [1.82, 2.24) is 14.8 Å². The first-order valence-electron chi connectivity index (χ1n) is 5.42. The number of nitrogens with two attached hydrogens (primary N) is 1. The Labute approximate surface area is 105 Å². The van der Waals surface area contributed by atoms with E-state index in [0.29, 0.717) is 11.8 Å². The smallest absolute Gasteiger partial charge is 0.238 e. The molecular weight excluding hydrogens is 230 g/mol. The Kier molecular flexibility index (Phi) is 3.59. The van der Waals surface area contributed by atoms with Crippen molar-refractivity contribution in [2.24, 2.45) is 12.9 Å². The van der Waals surface area contributed by atoms with Crippen LogP contribution in [0, 0.1) is 0 Å². The molecule has 0 saturated heterocycles. The van der Waals surface area contributed by atoms with E-state index in [0.717, 1.165) is 11.3 Å². The molecule has 3 N–H and O–H groups in total. The van der Waals surface area contributed by atoms with Gasteiger partial charge in [-0.1, -0.05) is 18.2 Å². The molecule has 1 heterocycles. The van der Waals surface area contributed by atoms with E-state index in [2.05, 4.69) is 15.6 Å². The standard InChI is InChI=1S/C12H15N5O/c1-17-11(15-16-12(17)14-13)7-6-9-4-3-5-10(8-9)18-2/h3-8H,13H2,1-2H3,(H,14,16)/b7-6+. The third-order valence-electron chi connectivity index (χ3n) is 2.56. The number of ether oxygens (including phenoxy) is 1. The number of aromatic nitrogens is 3. The first-order valence-corrected chi connectivity index (χ1v) is 5.42. The number of hydrogen-bond donors (Lipinski definition) is 2. The highest BCUT2D eigenvalue weighted by molar-refractivity contribution is 5.67. The van der Waals surface area contributed by atoms with Crippen molar-refractivity contribution in [3.8, 4) is 5.75 Å². The van der Waals surface area contributed by atoms with E-state index in [-0.39, 0.29) is 0 Å². The number of rotatable bonds is 4.